The highest BCUT2D eigenvalue weighted by molar-refractivity contribution is 7.99. The smallest absolute Gasteiger partial charge is 0.233 e. The molecule has 0 radical (unpaired) electrons. The van der Waals surface area contributed by atoms with Crippen LogP contribution in [0.25, 0.3) is 11.4 Å². The van der Waals surface area contributed by atoms with Crippen LogP contribution in [-0.2, 0) is 11.3 Å². The summed E-state index contributed by atoms with van der Waals surface area (Å²) in [6.07, 6.45) is 0. The molecule has 0 saturated heterocycles. The summed E-state index contributed by atoms with van der Waals surface area (Å²) in [6, 6.07) is 11.3. The maximum Gasteiger partial charge on any atom is 0.233 e. The van der Waals surface area contributed by atoms with E-state index in [-0.39, 0.29) is 11.7 Å². The largest absolute Gasteiger partial charge is 0.341 e. The van der Waals surface area contributed by atoms with Crippen LogP contribution in [0.1, 0.15) is 16.7 Å². The van der Waals surface area contributed by atoms with E-state index in [1.165, 1.54) is 27.6 Å². The molecule has 0 aliphatic rings. The molecular weight excluding hydrogens is 429 g/mol. The Kier molecular flexibility index (Phi) is 6.72. The van der Waals surface area contributed by atoms with Crippen LogP contribution in [0.4, 0.5) is 0 Å². The van der Waals surface area contributed by atoms with Gasteiger partial charge in [-0.3, -0.25) is 4.79 Å². The van der Waals surface area contributed by atoms with Crippen LogP contribution in [-0.4, -0.2) is 38.5 Å². The lowest BCUT2D eigenvalue weighted by Crippen LogP contribution is -2.28. The molecule has 0 bridgehead atoms. The maximum absolute atomic E-state index is 12.5. The molecule has 1 heterocycles. The number of nitrogens with two attached hydrogens (primary N) is 1. The fourth-order valence-corrected chi connectivity index (χ4v) is 4.12. The fraction of sp³-hybridized carbons (Fsp3) is 0.250. The molecule has 0 spiro atoms. The lowest BCUT2D eigenvalue weighted by molar-refractivity contribution is -0.127. The van der Waals surface area contributed by atoms with Crippen molar-refractivity contribution in [2.24, 2.45) is 0 Å². The number of hydrogen-bond acceptors (Lipinski definition) is 5. The van der Waals surface area contributed by atoms with E-state index in [2.05, 4.69) is 42.2 Å². The molecule has 9 heteroatoms. The van der Waals surface area contributed by atoms with Crippen molar-refractivity contribution < 1.29 is 4.79 Å². The first kappa shape index (κ1) is 21.5. The number of halogens is 2. The van der Waals surface area contributed by atoms with E-state index in [1.807, 2.05) is 0 Å². The monoisotopic (exact) mass is 449 g/mol. The van der Waals surface area contributed by atoms with Crippen LogP contribution in [0.2, 0.25) is 10.0 Å². The number of aromatic nitrogens is 3. The van der Waals surface area contributed by atoms with Crippen molar-refractivity contribution in [1.82, 2.24) is 19.8 Å². The van der Waals surface area contributed by atoms with Gasteiger partial charge in [0.1, 0.15) is 0 Å². The molecule has 0 aliphatic carbocycles. The minimum Gasteiger partial charge on any atom is -0.341 e. The van der Waals surface area contributed by atoms with E-state index in [9.17, 15) is 4.79 Å². The second kappa shape index (κ2) is 9.07. The van der Waals surface area contributed by atoms with Crippen molar-refractivity contribution in [2.75, 3.05) is 18.6 Å². The Hall–Kier alpha value is -2.22. The van der Waals surface area contributed by atoms with Crippen molar-refractivity contribution >= 4 is 40.9 Å². The molecule has 3 aromatic rings. The van der Waals surface area contributed by atoms with Gasteiger partial charge < -0.3 is 10.7 Å². The average molecular weight is 450 g/mol. The van der Waals surface area contributed by atoms with Gasteiger partial charge in [0.2, 0.25) is 11.1 Å². The number of thioether (sulfide) groups is 1. The predicted molar refractivity (Wildman–Crippen MR) is 119 cm³/mol. The number of benzene rings is 2. The van der Waals surface area contributed by atoms with E-state index in [1.54, 1.807) is 30.1 Å². The lowest BCUT2D eigenvalue weighted by atomic mass is 10.1. The second-order valence-electron chi connectivity index (χ2n) is 6.77. The maximum atomic E-state index is 12.5. The Morgan fingerprint density at radius 1 is 1.17 bits per heavy atom. The normalized spacial score (nSPS) is 10.9. The molecular formula is C20H21Cl2N5OS. The molecule has 0 aliphatic heterocycles. The van der Waals surface area contributed by atoms with Gasteiger partial charge in [-0.25, -0.2) is 4.68 Å². The number of rotatable bonds is 6. The quantitative estimate of drug-likeness (QED) is 0.447. The summed E-state index contributed by atoms with van der Waals surface area (Å²) >= 11 is 13.4. The summed E-state index contributed by atoms with van der Waals surface area (Å²) in [5.41, 5.74) is 4.12. The Labute approximate surface area is 184 Å². The average Bonchev–Trinajstić information content (AvgIpc) is 3.02. The zero-order chi connectivity index (χ0) is 21.1. The topological polar surface area (TPSA) is 77.0 Å². The van der Waals surface area contributed by atoms with Crippen LogP contribution >= 0.6 is 35.0 Å². The molecule has 0 atom stereocenters. The lowest BCUT2D eigenvalue weighted by Gasteiger charge is -2.18. The van der Waals surface area contributed by atoms with E-state index in [4.69, 9.17) is 29.0 Å². The second-order valence-corrected chi connectivity index (χ2v) is 8.55. The molecule has 3 rings (SSSR count). The summed E-state index contributed by atoms with van der Waals surface area (Å²) < 4.78 is 1.33. The summed E-state index contributed by atoms with van der Waals surface area (Å²) in [7, 11) is 1.79. The zero-order valence-corrected chi connectivity index (χ0v) is 18.6. The number of aryl methyl sites for hydroxylation is 2. The van der Waals surface area contributed by atoms with Crippen molar-refractivity contribution in [3.63, 3.8) is 0 Å². The highest BCUT2D eigenvalue weighted by atomic mass is 35.5. The highest BCUT2D eigenvalue weighted by Gasteiger charge is 2.17. The van der Waals surface area contributed by atoms with Crippen molar-refractivity contribution in [3.05, 3.63) is 63.1 Å². The van der Waals surface area contributed by atoms with Crippen LogP contribution in [0.15, 0.2) is 41.6 Å². The first-order valence-electron chi connectivity index (χ1n) is 8.85. The summed E-state index contributed by atoms with van der Waals surface area (Å²) in [5.74, 6) is 6.70. The summed E-state index contributed by atoms with van der Waals surface area (Å²) in [6.45, 7) is 4.65. The predicted octanol–water partition coefficient (Wildman–Crippen LogP) is 4.33. The molecule has 2 N–H and O–H groups in total. The third kappa shape index (κ3) is 5.04. The van der Waals surface area contributed by atoms with Crippen LogP contribution < -0.4 is 5.84 Å². The summed E-state index contributed by atoms with van der Waals surface area (Å²) in [4.78, 5) is 14.2. The van der Waals surface area contributed by atoms with Gasteiger partial charge in [0.25, 0.3) is 0 Å². The third-order valence-corrected chi connectivity index (χ3v) is 5.97. The zero-order valence-electron chi connectivity index (χ0n) is 16.3. The number of nitrogen functional groups attached to an aromatic ring is 1. The Bertz CT molecular complexity index is 1050. The van der Waals surface area contributed by atoms with E-state index in [0.717, 1.165) is 5.56 Å². The molecule has 1 amide bonds. The molecule has 0 unspecified atom stereocenters. The minimum absolute atomic E-state index is 0.0240. The summed E-state index contributed by atoms with van der Waals surface area (Å²) in [5, 5.41) is 9.57. The third-order valence-electron chi connectivity index (χ3n) is 4.49. The Morgan fingerprint density at radius 2 is 1.93 bits per heavy atom. The van der Waals surface area contributed by atoms with Gasteiger partial charge in [0.15, 0.2) is 5.82 Å². The number of amides is 1. The molecule has 2 aromatic carbocycles. The van der Waals surface area contributed by atoms with Crippen LogP contribution in [0.3, 0.4) is 0 Å². The molecule has 6 nitrogen and oxygen atoms in total. The Morgan fingerprint density at radius 3 is 2.62 bits per heavy atom. The van der Waals surface area contributed by atoms with Gasteiger partial charge in [0.05, 0.1) is 10.8 Å². The number of hydrogen-bond donors (Lipinski definition) is 1. The standard InChI is InChI=1S/C20H21Cl2N5OS/c1-12-4-5-14(13(2)8-12)10-26(3)18(28)11-29-20-25-24-19(27(20)23)16-7-6-15(21)9-17(16)22/h4-9H,10-11,23H2,1-3H3. The number of nitrogens with zero attached hydrogens (tertiary/aromatic N) is 4. The van der Waals surface area contributed by atoms with E-state index >= 15 is 0 Å². The van der Waals surface area contributed by atoms with Gasteiger partial charge in [-0.15, -0.1) is 10.2 Å². The van der Waals surface area contributed by atoms with Gasteiger partial charge >= 0.3 is 0 Å². The van der Waals surface area contributed by atoms with Crippen LogP contribution in [0, 0.1) is 13.8 Å². The SMILES string of the molecule is Cc1ccc(CN(C)C(=O)CSc2nnc(-c3ccc(Cl)cc3Cl)n2N)c(C)c1. The van der Waals surface area contributed by atoms with Crippen molar-refractivity contribution in [1.29, 1.82) is 0 Å². The van der Waals surface area contributed by atoms with Gasteiger partial charge in [-0.05, 0) is 43.2 Å². The molecule has 1 aromatic heterocycles. The first-order valence-corrected chi connectivity index (χ1v) is 10.6. The fourth-order valence-electron chi connectivity index (χ4n) is 2.83. The first-order chi connectivity index (χ1) is 13.8. The van der Waals surface area contributed by atoms with Crippen molar-refractivity contribution in [2.45, 2.75) is 25.5 Å². The van der Waals surface area contributed by atoms with Gasteiger partial charge in [-0.2, -0.15) is 0 Å². The molecule has 152 valence electrons. The Balaban J connectivity index is 1.65. The molecule has 29 heavy (non-hydrogen) atoms. The van der Waals surface area contributed by atoms with E-state index < -0.39 is 0 Å². The van der Waals surface area contributed by atoms with Gasteiger partial charge in [-0.1, -0.05) is 58.7 Å². The molecule has 0 fully saturated rings. The van der Waals surface area contributed by atoms with Crippen LogP contribution in [0.5, 0.6) is 0 Å². The van der Waals surface area contributed by atoms with Crippen molar-refractivity contribution in [3.8, 4) is 11.4 Å². The highest BCUT2D eigenvalue weighted by Crippen LogP contribution is 2.30. The van der Waals surface area contributed by atoms with Gasteiger partial charge in [0, 0.05) is 24.2 Å². The number of carbonyl (C=O) groups excluding carboxylic acids is 1. The molecule has 0 saturated carbocycles. The minimum atomic E-state index is -0.0240. The van der Waals surface area contributed by atoms with E-state index in [0.29, 0.717) is 33.1 Å². The number of carbonyl (C=O) groups is 1.